The van der Waals surface area contributed by atoms with Crippen LogP contribution < -0.4 is 10.1 Å². The van der Waals surface area contributed by atoms with E-state index in [1.165, 1.54) is 22.9 Å². The van der Waals surface area contributed by atoms with Crippen molar-refractivity contribution in [3.05, 3.63) is 45.7 Å². The normalized spacial score (nSPS) is 12.6. The number of aryl methyl sites for hydroxylation is 2. The lowest BCUT2D eigenvalue weighted by Crippen LogP contribution is -2.38. The number of esters is 1. The third-order valence-electron chi connectivity index (χ3n) is 5.11. The molecule has 1 amide bonds. The van der Waals surface area contributed by atoms with Gasteiger partial charge in [-0.1, -0.05) is 11.3 Å². The minimum absolute atomic E-state index is 0.111. The molecule has 0 saturated carbocycles. The molecule has 0 saturated heterocycles. The lowest BCUT2D eigenvalue weighted by Gasteiger charge is -2.17. The molecule has 2 N–H and O–H groups in total. The van der Waals surface area contributed by atoms with Crippen LogP contribution in [0.3, 0.4) is 0 Å². The first-order valence-electron chi connectivity index (χ1n) is 10.6. The number of aliphatic hydroxyl groups is 1. The molecule has 3 heterocycles. The van der Waals surface area contributed by atoms with Crippen LogP contribution >= 0.6 is 22.9 Å². The van der Waals surface area contributed by atoms with Crippen LogP contribution in [0.15, 0.2) is 18.3 Å². The maximum Gasteiger partial charge on any atom is 0.348 e. The number of hydrogen-bond donors (Lipinski definition) is 2. The molecule has 0 aliphatic heterocycles. The number of nitrogens with zero attached hydrogens (tertiary/aromatic N) is 2. The molecule has 0 unspecified atom stereocenters. The second-order valence-electron chi connectivity index (χ2n) is 8.35. The Labute approximate surface area is 199 Å². The Morgan fingerprint density at radius 3 is 2.76 bits per heavy atom. The predicted octanol–water partition coefficient (Wildman–Crippen LogP) is 4.14. The number of carbonyl (C=O) groups excluding carboxylic acids is 2. The Kier molecular flexibility index (Phi) is 6.51. The van der Waals surface area contributed by atoms with Gasteiger partial charge < -0.3 is 19.9 Å². The average molecular weight is 488 g/mol. The van der Waals surface area contributed by atoms with Gasteiger partial charge in [0, 0.05) is 12.7 Å². The van der Waals surface area contributed by atoms with Crippen molar-refractivity contribution in [2.24, 2.45) is 0 Å². The summed E-state index contributed by atoms with van der Waals surface area (Å²) in [7, 11) is 0. The number of amides is 1. The van der Waals surface area contributed by atoms with Gasteiger partial charge in [0.15, 0.2) is 5.06 Å². The lowest BCUT2D eigenvalue weighted by atomic mass is 9.93. The van der Waals surface area contributed by atoms with Gasteiger partial charge in [0.2, 0.25) is 0 Å². The molecule has 1 aliphatic rings. The van der Waals surface area contributed by atoms with E-state index in [0.717, 1.165) is 28.0 Å². The number of nitrogens with one attached hydrogen (secondary N) is 1. The van der Waals surface area contributed by atoms with E-state index < -0.39 is 5.60 Å². The molecule has 4 rings (SSSR count). The molecule has 0 spiro atoms. The van der Waals surface area contributed by atoms with Crippen LogP contribution in [0, 0.1) is 6.92 Å². The summed E-state index contributed by atoms with van der Waals surface area (Å²) >= 11 is 2.65. The van der Waals surface area contributed by atoms with Crippen LogP contribution in [-0.4, -0.2) is 45.1 Å². The summed E-state index contributed by atoms with van der Waals surface area (Å²) in [6, 6.07) is 3.26. The zero-order valence-electron chi connectivity index (χ0n) is 18.9. The molecule has 0 fully saturated rings. The van der Waals surface area contributed by atoms with Gasteiger partial charge in [0.1, 0.15) is 16.3 Å². The first-order valence-corrected chi connectivity index (χ1v) is 12.2. The smallest absolute Gasteiger partial charge is 0.348 e. The molecule has 0 aromatic carbocycles. The molecule has 10 heteroatoms. The highest BCUT2D eigenvalue weighted by atomic mass is 32.1. The quantitative estimate of drug-likeness (QED) is 0.482. The first kappa shape index (κ1) is 23.3. The van der Waals surface area contributed by atoms with Crippen LogP contribution in [0.1, 0.15) is 57.8 Å². The Balaban J connectivity index is 1.65. The second-order valence-corrected chi connectivity index (χ2v) is 10.1. The zero-order chi connectivity index (χ0) is 23.8. The number of hydrogen-bond acceptors (Lipinski definition) is 9. The van der Waals surface area contributed by atoms with Gasteiger partial charge >= 0.3 is 5.97 Å². The Morgan fingerprint density at radius 1 is 1.27 bits per heavy atom. The number of ether oxygens (including phenoxy) is 2. The number of aromatic nitrogens is 2. The fourth-order valence-corrected chi connectivity index (χ4v) is 5.56. The molecule has 1 aliphatic carbocycles. The molecule has 8 nitrogen and oxygen atoms in total. The van der Waals surface area contributed by atoms with Crippen LogP contribution in [0.5, 0.6) is 10.8 Å². The van der Waals surface area contributed by atoms with Crippen molar-refractivity contribution < 1.29 is 24.2 Å². The van der Waals surface area contributed by atoms with E-state index >= 15 is 0 Å². The molecule has 0 bridgehead atoms. The van der Waals surface area contributed by atoms with E-state index in [-0.39, 0.29) is 24.1 Å². The third-order valence-corrected chi connectivity index (χ3v) is 7.06. The van der Waals surface area contributed by atoms with E-state index in [4.69, 9.17) is 9.47 Å². The monoisotopic (exact) mass is 487 g/mol. The highest BCUT2D eigenvalue weighted by Gasteiger charge is 2.31. The van der Waals surface area contributed by atoms with E-state index in [1.807, 2.05) is 6.20 Å². The minimum atomic E-state index is -1.02. The number of rotatable bonds is 7. The predicted molar refractivity (Wildman–Crippen MR) is 126 cm³/mol. The van der Waals surface area contributed by atoms with Crippen molar-refractivity contribution in [2.75, 3.05) is 13.2 Å². The Hall–Kier alpha value is -2.82. The highest BCUT2D eigenvalue weighted by molar-refractivity contribution is 7.17. The van der Waals surface area contributed by atoms with Crippen molar-refractivity contribution >= 4 is 34.7 Å². The van der Waals surface area contributed by atoms with Crippen LogP contribution in [0.4, 0.5) is 0 Å². The van der Waals surface area contributed by atoms with Gasteiger partial charge in [-0.25, -0.2) is 14.2 Å². The molecule has 33 heavy (non-hydrogen) atoms. The lowest BCUT2D eigenvalue weighted by molar-refractivity contribution is 0.0530. The van der Waals surface area contributed by atoms with Gasteiger partial charge in [-0.05, 0) is 75.3 Å². The average Bonchev–Trinajstić information content (AvgIpc) is 3.37. The molecular formula is C23H25N3O5S2. The van der Waals surface area contributed by atoms with Crippen molar-refractivity contribution in [1.29, 1.82) is 0 Å². The SMILES string of the molecule is CCOC(=O)c1sc(Oc2ccc(C(=O)NCC(C)(C)O)nc2C)c2c1CCc1cnsc1-2. The van der Waals surface area contributed by atoms with Gasteiger partial charge in [-0.3, -0.25) is 4.79 Å². The maximum absolute atomic E-state index is 12.6. The summed E-state index contributed by atoms with van der Waals surface area (Å²) in [6.45, 7) is 7.18. The van der Waals surface area contributed by atoms with Crippen LogP contribution in [0.25, 0.3) is 10.4 Å². The Morgan fingerprint density at radius 2 is 2.06 bits per heavy atom. The third kappa shape index (κ3) is 4.92. The maximum atomic E-state index is 12.6. The van der Waals surface area contributed by atoms with E-state index in [0.29, 0.717) is 34.4 Å². The second kappa shape index (κ2) is 9.20. The number of pyridine rings is 1. The topological polar surface area (TPSA) is 111 Å². The van der Waals surface area contributed by atoms with Crippen molar-refractivity contribution in [2.45, 2.75) is 46.1 Å². The highest BCUT2D eigenvalue weighted by Crippen LogP contribution is 2.50. The van der Waals surface area contributed by atoms with E-state index in [2.05, 4.69) is 14.7 Å². The van der Waals surface area contributed by atoms with Gasteiger partial charge in [0.05, 0.1) is 28.3 Å². The van der Waals surface area contributed by atoms with E-state index in [1.54, 1.807) is 39.8 Å². The van der Waals surface area contributed by atoms with Crippen molar-refractivity contribution in [3.63, 3.8) is 0 Å². The fourth-order valence-electron chi connectivity index (χ4n) is 3.52. The standard InChI is InChI=1S/C23H25N3O5S2/c1-5-30-21(28)19-14-7-6-13-10-25-33-18(13)17(14)22(32-19)31-16-9-8-15(26-12(16)2)20(27)24-11-23(3,4)29/h8-10,29H,5-7,11H2,1-4H3,(H,24,27). The van der Waals surface area contributed by atoms with Gasteiger partial charge in [-0.2, -0.15) is 0 Å². The summed E-state index contributed by atoms with van der Waals surface area (Å²) in [5.74, 6) is -0.237. The van der Waals surface area contributed by atoms with E-state index in [9.17, 15) is 14.7 Å². The molecule has 0 atom stereocenters. The van der Waals surface area contributed by atoms with Crippen molar-refractivity contribution in [3.8, 4) is 21.3 Å². The van der Waals surface area contributed by atoms with Crippen LogP contribution in [0.2, 0.25) is 0 Å². The number of fused-ring (bicyclic) bond motifs is 3. The largest absolute Gasteiger partial charge is 0.462 e. The molecule has 174 valence electrons. The Bertz CT molecular complexity index is 1210. The summed E-state index contributed by atoms with van der Waals surface area (Å²) in [5, 5.41) is 13.1. The van der Waals surface area contributed by atoms with Gasteiger partial charge in [0.25, 0.3) is 5.91 Å². The molecule has 0 radical (unpaired) electrons. The molecular weight excluding hydrogens is 462 g/mol. The fraction of sp³-hybridized carbons (Fsp3) is 0.391. The molecule has 3 aromatic rings. The first-order chi connectivity index (χ1) is 15.7. The van der Waals surface area contributed by atoms with Gasteiger partial charge in [-0.15, -0.1) is 0 Å². The summed E-state index contributed by atoms with van der Waals surface area (Å²) in [4.78, 5) is 30.9. The summed E-state index contributed by atoms with van der Waals surface area (Å²) < 4.78 is 15.8. The summed E-state index contributed by atoms with van der Waals surface area (Å²) in [6.07, 6.45) is 3.39. The number of thiophene rings is 1. The van der Waals surface area contributed by atoms with Crippen LogP contribution in [-0.2, 0) is 17.6 Å². The number of carbonyl (C=O) groups is 2. The summed E-state index contributed by atoms with van der Waals surface area (Å²) in [5.41, 5.74) is 2.70. The minimum Gasteiger partial charge on any atom is -0.462 e. The van der Waals surface area contributed by atoms with Crippen molar-refractivity contribution in [1.82, 2.24) is 14.7 Å². The molecule has 3 aromatic heterocycles. The zero-order valence-corrected chi connectivity index (χ0v) is 20.5.